The minimum absolute atomic E-state index is 0.253. The van der Waals surface area contributed by atoms with Gasteiger partial charge in [-0.15, -0.1) is 0 Å². The second kappa shape index (κ2) is 7.86. The van der Waals surface area contributed by atoms with Crippen LogP contribution in [0.4, 0.5) is 5.82 Å². The maximum Gasteiger partial charge on any atom is 0.248 e. The first-order valence-corrected chi connectivity index (χ1v) is 10.8. The van der Waals surface area contributed by atoms with Gasteiger partial charge in [-0.25, -0.2) is 19.3 Å². The molecule has 1 amide bonds. The Bertz CT molecular complexity index is 1520. The number of carbonyl (C=O) groups excluding carboxylic acids is 1. The van der Waals surface area contributed by atoms with Crippen molar-refractivity contribution < 1.29 is 4.79 Å². The summed E-state index contributed by atoms with van der Waals surface area (Å²) in [4.78, 5) is 20.0. The van der Waals surface area contributed by atoms with E-state index in [9.17, 15) is 4.79 Å². The van der Waals surface area contributed by atoms with E-state index in [4.69, 9.17) is 33.3 Å². The van der Waals surface area contributed by atoms with Gasteiger partial charge in [0.1, 0.15) is 12.1 Å². The van der Waals surface area contributed by atoms with Crippen LogP contribution in [0.5, 0.6) is 0 Å². The van der Waals surface area contributed by atoms with Crippen LogP contribution in [0.3, 0.4) is 0 Å². The zero-order chi connectivity index (χ0) is 23.3. The predicted octanol–water partition coefficient (Wildman–Crippen LogP) is 3.67. The molecule has 1 unspecified atom stereocenters. The van der Waals surface area contributed by atoms with Crippen molar-refractivity contribution in [2.75, 3.05) is 5.73 Å². The van der Waals surface area contributed by atoms with Gasteiger partial charge in [-0.3, -0.25) is 4.79 Å². The lowest BCUT2D eigenvalue weighted by atomic mass is 10.1. The fourth-order valence-corrected chi connectivity index (χ4v) is 4.25. The molecule has 0 radical (unpaired) electrons. The van der Waals surface area contributed by atoms with E-state index in [0.717, 1.165) is 33.4 Å². The molecule has 0 aliphatic heterocycles. The quantitative estimate of drug-likeness (QED) is 0.411. The molecule has 0 fully saturated rings. The highest BCUT2D eigenvalue weighted by atomic mass is 35.5. The lowest BCUT2D eigenvalue weighted by Crippen LogP contribution is -2.12. The summed E-state index contributed by atoms with van der Waals surface area (Å²) in [6.45, 7) is 4.03. The number of aromatic nitrogens is 6. The van der Waals surface area contributed by atoms with Crippen LogP contribution < -0.4 is 11.5 Å². The van der Waals surface area contributed by atoms with Crippen LogP contribution in [0.25, 0.3) is 27.6 Å². The zero-order valence-electron chi connectivity index (χ0n) is 18.0. The summed E-state index contributed by atoms with van der Waals surface area (Å²) in [5.74, 6) is -0.0743. The summed E-state index contributed by atoms with van der Waals surface area (Å²) in [6.07, 6.45) is 2.14. The molecule has 1 atom stereocenters. The van der Waals surface area contributed by atoms with Gasteiger partial charge in [0.25, 0.3) is 0 Å². The molecule has 0 saturated heterocycles. The van der Waals surface area contributed by atoms with Gasteiger partial charge in [-0.2, -0.15) is 10.2 Å². The molecule has 33 heavy (non-hydrogen) atoms. The van der Waals surface area contributed by atoms with E-state index in [-0.39, 0.29) is 6.04 Å². The fraction of sp³-hybridized carbons (Fsp3) is 0.174. The van der Waals surface area contributed by atoms with Crippen molar-refractivity contribution in [3.8, 4) is 5.69 Å². The van der Waals surface area contributed by atoms with E-state index in [1.165, 1.54) is 6.33 Å². The summed E-state index contributed by atoms with van der Waals surface area (Å²) in [7, 11) is 0. The summed E-state index contributed by atoms with van der Waals surface area (Å²) in [5.41, 5.74) is 15.8. The first-order valence-electron chi connectivity index (χ1n) is 10.4. The van der Waals surface area contributed by atoms with Crippen molar-refractivity contribution in [3.05, 3.63) is 70.8 Å². The molecule has 3 aromatic heterocycles. The van der Waals surface area contributed by atoms with Crippen LogP contribution in [-0.4, -0.2) is 35.4 Å². The Kier molecular flexibility index (Phi) is 4.98. The Balaban J connectivity index is 1.70. The third kappa shape index (κ3) is 3.37. The topological polar surface area (TPSA) is 131 Å². The standard InChI is InChI=1S/C23H21ClN8O/c1-3-17-19-21(25)27-11-28-23(19)31(29-17)12(2)20-16-9-6-14(24)10-18(16)32(30-20)15-7-4-13(5-8-15)22(26)33/h4-12H,3H2,1-2H3,(H2,26,33)(H2,25,27,28). The number of primary amides is 1. The molecular weight excluding hydrogens is 440 g/mol. The number of benzene rings is 2. The van der Waals surface area contributed by atoms with Gasteiger partial charge in [0, 0.05) is 16.0 Å². The Morgan fingerprint density at radius 3 is 2.58 bits per heavy atom. The highest BCUT2D eigenvalue weighted by molar-refractivity contribution is 6.31. The molecular formula is C23H21ClN8O. The van der Waals surface area contributed by atoms with Gasteiger partial charge < -0.3 is 11.5 Å². The van der Waals surface area contributed by atoms with Gasteiger partial charge in [0.05, 0.1) is 34.0 Å². The van der Waals surface area contributed by atoms with Crippen LogP contribution in [0.1, 0.15) is 41.6 Å². The Morgan fingerprint density at radius 2 is 1.88 bits per heavy atom. The smallest absolute Gasteiger partial charge is 0.248 e. The van der Waals surface area contributed by atoms with Crippen LogP contribution in [0.15, 0.2) is 48.8 Å². The maximum atomic E-state index is 11.5. The SMILES string of the molecule is CCc1nn(C(C)c2nn(-c3ccc(C(N)=O)cc3)c3cc(Cl)ccc23)c2ncnc(N)c12. The molecule has 4 N–H and O–H groups in total. The fourth-order valence-electron chi connectivity index (χ4n) is 4.09. The lowest BCUT2D eigenvalue weighted by molar-refractivity contribution is 0.100. The molecule has 0 aliphatic carbocycles. The number of rotatable bonds is 5. The monoisotopic (exact) mass is 460 g/mol. The lowest BCUT2D eigenvalue weighted by Gasteiger charge is -2.11. The summed E-state index contributed by atoms with van der Waals surface area (Å²) < 4.78 is 3.64. The minimum atomic E-state index is -0.484. The summed E-state index contributed by atoms with van der Waals surface area (Å²) in [5, 5.41) is 12.0. The molecule has 0 saturated carbocycles. The van der Waals surface area contributed by atoms with E-state index in [1.54, 1.807) is 28.9 Å². The van der Waals surface area contributed by atoms with Gasteiger partial charge in [-0.05, 0) is 55.8 Å². The normalized spacial score (nSPS) is 12.5. The van der Waals surface area contributed by atoms with E-state index in [0.29, 0.717) is 28.5 Å². The number of nitrogens with two attached hydrogens (primary N) is 2. The molecule has 5 rings (SSSR count). The highest BCUT2D eigenvalue weighted by Gasteiger charge is 2.24. The number of anilines is 1. The number of halogens is 1. The molecule has 0 spiro atoms. The van der Waals surface area contributed by atoms with Gasteiger partial charge in [0.2, 0.25) is 5.91 Å². The second-order valence-electron chi connectivity index (χ2n) is 7.75. The first kappa shape index (κ1) is 20.9. The van der Waals surface area contributed by atoms with Crippen LogP contribution in [0.2, 0.25) is 5.02 Å². The average molecular weight is 461 g/mol. The number of amides is 1. The summed E-state index contributed by atoms with van der Waals surface area (Å²) in [6, 6.07) is 12.3. The minimum Gasteiger partial charge on any atom is -0.383 e. The van der Waals surface area contributed by atoms with Crippen molar-refractivity contribution >= 4 is 45.3 Å². The van der Waals surface area contributed by atoms with E-state index < -0.39 is 5.91 Å². The molecule has 0 aliphatic rings. The molecule has 9 nitrogen and oxygen atoms in total. The van der Waals surface area contributed by atoms with Crippen molar-refractivity contribution in [2.24, 2.45) is 5.73 Å². The van der Waals surface area contributed by atoms with Gasteiger partial charge in [0.15, 0.2) is 5.65 Å². The molecule has 166 valence electrons. The first-order chi connectivity index (χ1) is 15.9. The number of hydrogen-bond donors (Lipinski definition) is 2. The molecule has 2 aromatic carbocycles. The number of carbonyl (C=O) groups is 1. The molecule has 10 heteroatoms. The third-order valence-electron chi connectivity index (χ3n) is 5.76. The maximum absolute atomic E-state index is 11.5. The van der Waals surface area contributed by atoms with Crippen molar-refractivity contribution in [1.29, 1.82) is 0 Å². The zero-order valence-corrected chi connectivity index (χ0v) is 18.8. The van der Waals surface area contributed by atoms with Crippen LogP contribution in [0, 0.1) is 0 Å². The number of fused-ring (bicyclic) bond motifs is 2. The molecule has 0 bridgehead atoms. The Hall–Kier alpha value is -3.98. The van der Waals surface area contributed by atoms with Crippen LogP contribution >= 0.6 is 11.6 Å². The number of nitrogen functional groups attached to an aromatic ring is 1. The van der Waals surface area contributed by atoms with Crippen molar-refractivity contribution in [1.82, 2.24) is 29.5 Å². The van der Waals surface area contributed by atoms with E-state index in [2.05, 4.69) is 9.97 Å². The highest BCUT2D eigenvalue weighted by Crippen LogP contribution is 2.32. The molecule has 3 heterocycles. The second-order valence-corrected chi connectivity index (χ2v) is 8.18. The number of nitrogens with zero attached hydrogens (tertiary/aromatic N) is 6. The van der Waals surface area contributed by atoms with E-state index in [1.807, 2.05) is 36.7 Å². The Labute approximate surface area is 194 Å². The average Bonchev–Trinajstić information content (AvgIpc) is 3.38. The number of hydrogen-bond acceptors (Lipinski definition) is 6. The summed E-state index contributed by atoms with van der Waals surface area (Å²) >= 11 is 6.32. The van der Waals surface area contributed by atoms with Crippen LogP contribution in [-0.2, 0) is 6.42 Å². The van der Waals surface area contributed by atoms with Crippen molar-refractivity contribution in [2.45, 2.75) is 26.3 Å². The Morgan fingerprint density at radius 1 is 1.12 bits per heavy atom. The largest absolute Gasteiger partial charge is 0.383 e. The van der Waals surface area contributed by atoms with Gasteiger partial charge in [-0.1, -0.05) is 18.5 Å². The third-order valence-corrected chi connectivity index (χ3v) is 5.99. The number of aryl methyl sites for hydroxylation is 1. The van der Waals surface area contributed by atoms with Crippen molar-refractivity contribution in [3.63, 3.8) is 0 Å². The molecule has 5 aromatic rings. The van der Waals surface area contributed by atoms with Gasteiger partial charge >= 0.3 is 0 Å². The predicted molar refractivity (Wildman–Crippen MR) is 128 cm³/mol. The van der Waals surface area contributed by atoms with E-state index >= 15 is 0 Å².